The average Bonchev–Trinajstić information content (AvgIpc) is 2.97. The SMILES string of the molecule is CCCC(NC(=O)c1cn(-c2ccc(Br)cc2)cn1)C(=O)O. The molecule has 1 aromatic heterocycles. The van der Waals surface area contributed by atoms with Gasteiger partial charge in [0.2, 0.25) is 0 Å². The number of aliphatic carboxylic acids is 1. The van der Waals surface area contributed by atoms with E-state index >= 15 is 0 Å². The van der Waals surface area contributed by atoms with Gasteiger partial charge in [-0.05, 0) is 30.7 Å². The van der Waals surface area contributed by atoms with E-state index in [1.165, 1.54) is 6.33 Å². The largest absolute Gasteiger partial charge is 0.480 e. The zero-order valence-corrected chi connectivity index (χ0v) is 13.6. The fourth-order valence-corrected chi connectivity index (χ4v) is 2.24. The molecule has 1 aromatic carbocycles. The maximum Gasteiger partial charge on any atom is 0.326 e. The lowest BCUT2D eigenvalue weighted by Crippen LogP contribution is -2.40. The van der Waals surface area contributed by atoms with Gasteiger partial charge >= 0.3 is 5.97 Å². The van der Waals surface area contributed by atoms with Crippen LogP contribution in [0.2, 0.25) is 0 Å². The lowest BCUT2D eigenvalue weighted by atomic mass is 10.1. The summed E-state index contributed by atoms with van der Waals surface area (Å²) in [7, 11) is 0. The molecule has 0 bridgehead atoms. The number of carbonyl (C=O) groups excluding carboxylic acids is 1. The van der Waals surface area contributed by atoms with Gasteiger partial charge in [0.1, 0.15) is 18.1 Å². The number of nitrogens with one attached hydrogen (secondary N) is 1. The zero-order valence-electron chi connectivity index (χ0n) is 12.0. The van der Waals surface area contributed by atoms with Crippen LogP contribution in [0.25, 0.3) is 5.69 Å². The van der Waals surface area contributed by atoms with Gasteiger partial charge in [-0.1, -0.05) is 29.3 Å². The standard InChI is InChI=1S/C15H16BrN3O3/c1-2-3-12(15(21)22)18-14(20)13-8-19(9-17-13)11-6-4-10(16)5-7-11/h4-9,12H,2-3H2,1H3,(H,18,20)(H,21,22). The number of carboxylic acid groups (broad SMARTS) is 1. The molecule has 0 saturated heterocycles. The molecule has 7 heteroatoms. The van der Waals surface area contributed by atoms with Gasteiger partial charge in [-0.3, -0.25) is 4.79 Å². The highest BCUT2D eigenvalue weighted by Crippen LogP contribution is 2.14. The molecule has 0 aliphatic carbocycles. The van der Waals surface area contributed by atoms with Crippen LogP contribution < -0.4 is 5.32 Å². The van der Waals surface area contributed by atoms with Crippen LogP contribution in [-0.4, -0.2) is 32.6 Å². The number of benzene rings is 1. The van der Waals surface area contributed by atoms with Crippen molar-refractivity contribution in [2.75, 3.05) is 0 Å². The Kier molecular flexibility index (Phi) is 5.32. The van der Waals surface area contributed by atoms with Crippen LogP contribution >= 0.6 is 15.9 Å². The van der Waals surface area contributed by atoms with E-state index in [0.29, 0.717) is 12.8 Å². The van der Waals surface area contributed by atoms with Crippen LogP contribution in [0.1, 0.15) is 30.3 Å². The molecule has 1 unspecified atom stereocenters. The van der Waals surface area contributed by atoms with Gasteiger partial charge in [0.25, 0.3) is 5.91 Å². The molecule has 1 heterocycles. The second kappa shape index (κ2) is 7.22. The lowest BCUT2D eigenvalue weighted by Gasteiger charge is -2.12. The fourth-order valence-electron chi connectivity index (χ4n) is 1.97. The summed E-state index contributed by atoms with van der Waals surface area (Å²) in [5.74, 6) is -1.53. The molecule has 6 nitrogen and oxygen atoms in total. The number of hydrogen-bond acceptors (Lipinski definition) is 3. The normalized spacial score (nSPS) is 11.9. The van der Waals surface area contributed by atoms with Crippen molar-refractivity contribution in [1.82, 2.24) is 14.9 Å². The summed E-state index contributed by atoms with van der Waals surface area (Å²) in [5.41, 5.74) is 1.04. The highest BCUT2D eigenvalue weighted by atomic mass is 79.9. The third-order valence-electron chi connectivity index (χ3n) is 3.12. The Bertz CT molecular complexity index is 667. The van der Waals surface area contributed by atoms with Crippen molar-refractivity contribution < 1.29 is 14.7 Å². The molecule has 116 valence electrons. The molecule has 0 radical (unpaired) electrons. The second-order valence-electron chi connectivity index (χ2n) is 4.80. The van der Waals surface area contributed by atoms with Crippen LogP contribution in [0.3, 0.4) is 0 Å². The number of halogens is 1. The monoisotopic (exact) mass is 365 g/mol. The summed E-state index contributed by atoms with van der Waals surface area (Å²) in [6.07, 6.45) is 4.15. The first kappa shape index (κ1) is 16.2. The molecular formula is C15H16BrN3O3. The maximum atomic E-state index is 12.1. The van der Waals surface area contributed by atoms with Gasteiger partial charge < -0.3 is 15.0 Å². The molecule has 2 aromatic rings. The van der Waals surface area contributed by atoms with E-state index in [0.717, 1.165) is 10.2 Å². The Hall–Kier alpha value is -2.15. The summed E-state index contributed by atoms with van der Waals surface area (Å²) in [6, 6.07) is 6.64. The van der Waals surface area contributed by atoms with Gasteiger partial charge in [-0.25, -0.2) is 9.78 Å². The molecule has 2 N–H and O–H groups in total. The topological polar surface area (TPSA) is 84.2 Å². The predicted molar refractivity (Wildman–Crippen MR) is 85.1 cm³/mol. The van der Waals surface area contributed by atoms with E-state index in [4.69, 9.17) is 5.11 Å². The van der Waals surface area contributed by atoms with Crippen molar-refractivity contribution in [3.63, 3.8) is 0 Å². The van der Waals surface area contributed by atoms with Crippen molar-refractivity contribution in [3.05, 3.63) is 47.0 Å². The molecule has 1 amide bonds. The van der Waals surface area contributed by atoms with Crippen molar-refractivity contribution >= 4 is 27.8 Å². The maximum absolute atomic E-state index is 12.1. The number of nitrogens with zero attached hydrogens (tertiary/aromatic N) is 2. The fraction of sp³-hybridized carbons (Fsp3) is 0.267. The minimum absolute atomic E-state index is 0.185. The first-order chi connectivity index (χ1) is 10.5. The van der Waals surface area contributed by atoms with Gasteiger partial charge in [0, 0.05) is 16.4 Å². The number of carbonyl (C=O) groups is 2. The molecule has 1 atom stereocenters. The van der Waals surface area contributed by atoms with Gasteiger partial charge in [0.05, 0.1) is 0 Å². The predicted octanol–water partition coefficient (Wildman–Crippen LogP) is 2.62. The summed E-state index contributed by atoms with van der Waals surface area (Å²) < 4.78 is 2.66. The van der Waals surface area contributed by atoms with Crippen LogP contribution in [0.5, 0.6) is 0 Å². The third-order valence-corrected chi connectivity index (χ3v) is 3.65. The zero-order chi connectivity index (χ0) is 16.1. The van der Waals surface area contributed by atoms with E-state index in [1.807, 2.05) is 31.2 Å². The third kappa shape index (κ3) is 3.94. The van der Waals surface area contributed by atoms with Crippen molar-refractivity contribution in [2.24, 2.45) is 0 Å². The first-order valence-corrected chi connectivity index (χ1v) is 7.64. The molecule has 0 saturated carbocycles. The second-order valence-corrected chi connectivity index (χ2v) is 5.71. The van der Waals surface area contributed by atoms with Gasteiger partial charge in [0.15, 0.2) is 0 Å². The van der Waals surface area contributed by atoms with E-state index in [1.54, 1.807) is 10.8 Å². The number of rotatable bonds is 6. The Morgan fingerprint density at radius 3 is 2.64 bits per heavy atom. The van der Waals surface area contributed by atoms with Crippen molar-refractivity contribution in [1.29, 1.82) is 0 Å². The van der Waals surface area contributed by atoms with E-state index < -0.39 is 17.9 Å². The molecule has 0 aliphatic rings. The minimum atomic E-state index is -1.04. The summed E-state index contributed by atoms with van der Waals surface area (Å²) in [5, 5.41) is 11.6. The number of carboxylic acids is 1. The number of amides is 1. The van der Waals surface area contributed by atoms with Crippen LogP contribution in [0.4, 0.5) is 0 Å². The van der Waals surface area contributed by atoms with Crippen LogP contribution in [-0.2, 0) is 4.79 Å². The van der Waals surface area contributed by atoms with Crippen LogP contribution in [0, 0.1) is 0 Å². The van der Waals surface area contributed by atoms with E-state index in [2.05, 4.69) is 26.2 Å². The molecule has 0 fully saturated rings. The Balaban J connectivity index is 2.11. The highest BCUT2D eigenvalue weighted by molar-refractivity contribution is 9.10. The van der Waals surface area contributed by atoms with Crippen molar-refractivity contribution in [3.8, 4) is 5.69 Å². The summed E-state index contributed by atoms with van der Waals surface area (Å²) in [4.78, 5) is 27.2. The molecular weight excluding hydrogens is 350 g/mol. The smallest absolute Gasteiger partial charge is 0.326 e. The Morgan fingerprint density at radius 1 is 1.36 bits per heavy atom. The van der Waals surface area contributed by atoms with Crippen molar-refractivity contribution in [2.45, 2.75) is 25.8 Å². The summed E-state index contributed by atoms with van der Waals surface area (Å²) >= 11 is 3.36. The molecule has 0 spiro atoms. The molecule has 2 rings (SSSR count). The van der Waals surface area contributed by atoms with Gasteiger partial charge in [-0.2, -0.15) is 0 Å². The minimum Gasteiger partial charge on any atom is -0.480 e. The quantitative estimate of drug-likeness (QED) is 0.823. The van der Waals surface area contributed by atoms with Gasteiger partial charge in [-0.15, -0.1) is 0 Å². The Morgan fingerprint density at radius 2 is 2.05 bits per heavy atom. The average molecular weight is 366 g/mol. The Labute approximate surface area is 136 Å². The highest BCUT2D eigenvalue weighted by Gasteiger charge is 2.20. The van der Waals surface area contributed by atoms with E-state index in [9.17, 15) is 9.59 Å². The number of imidazole rings is 1. The first-order valence-electron chi connectivity index (χ1n) is 6.85. The van der Waals surface area contributed by atoms with Crippen LogP contribution in [0.15, 0.2) is 41.3 Å². The van der Waals surface area contributed by atoms with E-state index in [-0.39, 0.29) is 5.69 Å². The lowest BCUT2D eigenvalue weighted by molar-refractivity contribution is -0.139. The molecule has 22 heavy (non-hydrogen) atoms. The number of hydrogen-bond donors (Lipinski definition) is 2. The number of aromatic nitrogens is 2. The summed E-state index contributed by atoms with van der Waals surface area (Å²) in [6.45, 7) is 1.87. The molecule has 0 aliphatic heterocycles.